The van der Waals surface area contributed by atoms with E-state index in [4.69, 9.17) is 12.6 Å². The summed E-state index contributed by atoms with van der Waals surface area (Å²) < 4.78 is 53.8. The van der Waals surface area contributed by atoms with Gasteiger partial charge in [0.15, 0.2) is 0 Å². The van der Waals surface area contributed by atoms with Gasteiger partial charge < -0.3 is 14.4 Å². The fourth-order valence-corrected chi connectivity index (χ4v) is 6.68. The zero-order chi connectivity index (χ0) is 35.0. The molecular formula is C40H39IrN3O-2. The third kappa shape index (κ3) is 6.81. The van der Waals surface area contributed by atoms with Crippen molar-refractivity contribution in [2.75, 3.05) is 0 Å². The number of rotatable bonds is 4. The molecule has 5 heteroatoms. The number of aryl methyl sites for hydroxylation is 1. The fourth-order valence-electron chi connectivity index (χ4n) is 6.68. The molecule has 231 valence electrons. The van der Waals surface area contributed by atoms with Crippen molar-refractivity contribution in [1.82, 2.24) is 15.0 Å². The molecule has 0 N–H and O–H groups in total. The standard InChI is InChI=1S/C23H21N2O.C17H18N.Ir/c1-15-10-11-20(25-14-15)19-9-5-8-17-18-12-13-24-21(23(18)26-22(17)19)16-6-3-2-4-7-16;1-13-6-11-17(18-12-13)16-9-7-15(8-10-16)14-4-2-3-5-14;/h5,8,10-14,16H,2-4,6-7H2,1H3;6-9,11-12,14H,2-5H2,1H3;/q2*-1;/i1D3,10D,11D,14D;;. The van der Waals surface area contributed by atoms with Crippen LogP contribution in [-0.4, -0.2) is 15.0 Å². The SMILES string of the molecule is Cc1ccc(-c2[c-]cc(C3CCCC3)cc2)nc1.[2H]c1nc(-c2[c-]ccc3c2oc2c(C4CCCCC4)nccc23)c([2H])c([2H])c1C([2H])([2H])[2H].[Ir]. The molecule has 0 atom stereocenters. The number of aromatic nitrogens is 3. The Morgan fingerprint density at radius 2 is 1.58 bits per heavy atom. The molecule has 6 aromatic rings. The first-order valence-corrected chi connectivity index (χ1v) is 15.7. The predicted octanol–water partition coefficient (Wildman–Crippen LogP) is 10.7. The molecule has 0 unspecified atom stereocenters. The summed E-state index contributed by atoms with van der Waals surface area (Å²) in [6, 6.07) is 21.7. The molecule has 0 amide bonds. The van der Waals surface area contributed by atoms with Gasteiger partial charge in [-0.15, -0.1) is 53.6 Å². The molecule has 0 bridgehead atoms. The molecule has 4 aromatic heterocycles. The van der Waals surface area contributed by atoms with Gasteiger partial charge in [0, 0.05) is 54.1 Å². The molecule has 2 saturated carbocycles. The third-order valence-electron chi connectivity index (χ3n) is 9.04. The minimum absolute atomic E-state index is 0. The van der Waals surface area contributed by atoms with Crippen LogP contribution in [0.5, 0.6) is 0 Å². The molecule has 0 aliphatic heterocycles. The molecule has 2 aromatic carbocycles. The van der Waals surface area contributed by atoms with Crippen LogP contribution in [0.4, 0.5) is 0 Å². The van der Waals surface area contributed by atoms with Gasteiger partial charge in [-0.25, -0.2) is 0 Å². The van der Waals surface area contributed by atoms with Gasteiger partial charge in [0.05, 0.1) is 15.4 Å². The average Bonchev–Trinajstić information content (AvgIpc) is 3.79. The summed E-state index contributed by atoms with van der Waals surface area (Å²) in [7, 11) is 0. The van der Waals surface area contributed by atoms with Crippen molar-refractivity contribution < 1.29 is 32.7 Å². The maximum Gasteiger partial charge on any atom is 0.142 e. The Morgan fingerprint density at radius 3 is 2.33 bits per heavy atom. The Hall–Kier alpha value is -3.66. The van der Waals surface area contributed by atoms with Crippen molar-refractivity contribution >= 4 is 21.9 Å². The van der Waals surface area contributed by atoms with E-state index in [1.54, 1.807) is 12.3 Å². The van der Waals surface area contributed by atoms with Crippen LogP contribution >= 0.6 is 0 Å². The number of hydrogen-bond acceptors (Lipinski definition) is 4. The zero-order valence-corrected chi connectivity index (χ0v) is 27.8. The molecule has 2 aliphatic carbocycles. The second kappa shape index (κ2) is 14.2. The first-order valence-electron chi connectivity index (χ1n) is 18.7. The van der Waals surface area contributed by atoms with Crippen molar-refractivity contribution in [3.8, 4) is 22.5 Å². The van der Waals surface area contributed by atoms with Crippen LogP contribution in [0.2, 0.25) is 0 Å². The van der Waals surface area contributed by atoms with Crippen molar-refractivity contribution in [3.05, 3.63) is 114 Å². The first-order chi connectivity index (χ1) is 24.1. The molecule has 8 rings (SSSR count). The molecule has 4 heterocycles. The van der Waals surface area contributed by atoms with Crippen molar-refractivity contribution in [1.29, 1.82) is 0 Å². The summed E-state index contributed by atoms with van der Waals surface area (Å²) in [6.07, 6.45) is 14.3. The van der Waals surface area contributed by atoms with Gasteiger partial charge in [-0.2, -0.15) is 0 Å². The topological polar surface area (TPSA) is 51.8 Å². The molecule has 0 saturated heterocycles. The number of fused-ring (bicyclic) bond motifs is 3. The number of pyridine rings is 3. The van der Waals surface area contributed by atoms with Gasteiger partial charge in [0.1, 0.15) is 5.58 Å². The summed E-state index contributed by atoms with van der Waals surface area (Å²) >= 11 is 0. The van der Waals surface area contributed by atoms with Crippen molar-refractivity contribution in [3.63, 3.8) is 0 Å². The maximum atomic E-state index is 8.41. The van der Waals surface area contributed by atoms with E-state index in [-0.39, 0.29) is 31.8 Å². The Bertz CT molecular complexity index is 2140. The monoisotopic (exact) mass is 776 g/mol. The average molecular weight is 776 g/mol. The fraction of sp³-hybridized carbons (Fsp3) is 0.325. The van der Waals surface area contributed by atoms with Crippen molar-refractivity contribution in [2.24, 2.45) is 0 Å². The van der Waals surface area contributed by atoms with E-state index in [0.29, 0.717) is 22.6 Å². The van der Waals surface area contributed by atoms with Crippen LogP contribution in [-0.2, 0) is 20.1 Å². The van der Waals surface area contributed by atoms with Crippen molar-refractivity contribution in [2.45, 2.75) is 83.4 Å². The Morgan fingerprint density at radius 1 is 0.778 bits per heavy atom. The summed E-state index contributed by atoms with van der Waals surface area (Å²) in [6.45, 7) is -0.630. The Labute approximate surface area is 288 Å². The maximum absolute atomic E-state index is 8.41. The molecule has 0 spiro atoms. The molecule has 2 aliphatic rings. The zero-order valence-electron chi connectivity index (χ0n) is 31.4. The summed E-state index contributed by atoms with van der Waals surface area (Å²) in [5.41, 5.74) is 6.68. The second-order valence-electron chi connectivity index (χ2n) is 12.0. The number of furan rings is 1. The summed E-state index contributed by atoms with van der Waals surface area (Å²) in [5.74, 6) is 1.10. The minimum atomic E-state index is -2.69. The van der Waals surface area contributed by atoms with Gasteiger partial charge >= 0.3 is 0 Å². The van der Waals surface area contributed by atoms with Crippen LogP contribution in [0.1, 0.15) is 100 Å². The van der Waals surface area contributed by atoms with Gasteiger partial charge in [-0.05, 0) is 55.2 Å². The van der Waals surface area contributed by atoms with E-state index in [1.165, 1.54) is 56.1 Å². The van der Waals surface area contributed by atoms with E-state index < -0.39 is 24.6 Å². The number of nitrogens with zero attached hydrogens (tertiary/aromatic N) is 3. The second-order valence-corrected chi connectivity index (χ2v) is 12.0. The molecule has 45 heavy (non-hydrogen) atoms. The normalized spacial score (nSPS) is 17.7. The summed E-state index contributed by atoms with van der Waals surface area (Å²) in [4.78, 5) is 13.2. The number of benzene rings is 2. The molecule has 4 nitrogen and oxygen atoms in total. The molecular weight excluding hydrogens is 731 g/mol. The van der Waals surface area contributed by atoms with Gasteiger partial charge in [-0.3, -0.25) is 4.98 Å². The van der Waals surface area contributed by atoms with E-state index in [1.807, 2.05) is 18.3 Å². The smallest absolute Gasteiger partial charge is 0.142 e. The van der Waals surface area contributed by atoms with E-state index >= 15 is 0 Å². The van der Waals surface area contributed by atoms with E-state index in [2.05, 4.69) is 64.3 Å². The van der Waals surface area contributed by atoms with E-state index in [9.17, 15) is 0 Å². The molecule has 2 fully saturated rings. The Balaban J connectivity index is 0.000000200. The first kappa shape index (κ1) is 24.6. The predicted molar refractivity (Wildman–Crippen MR) is 179 cm³/mol. The van der Waals surface area contributed by atoms with Gasteiger partial charge in [0.25, 0.3) is 0 Å². The van der Waals surface area contributed by atoms with Crippen LogP contribution < -0.4 is 0 Å². The molecule has 1 radical (unpaired) electrons. The quantitative estimate of drug-likeness (QED) is 0.167. The summed E-state index contributed by atoms with van der Waals surface area (Å²) in [5, 5.41) is 1.72. The third-order valence-corrected chi connectivity index (χ3v) is 9.04. The Kier molecular flexibility index (Phi) is 7.74. The minimum Gasteiger partial charge on any atom is -0.499 e. The van der Waals surface area contributed by atoms with Gasteiger partial charge in [-0.1, -0.05) is 86.0 Å². The van der Waals surface area contributed by atoms with Crippen LogP contribution in [0.25, 0.3) is 44.5 Å². The van der Waals surface area contributed by atoms with Crippen LogP contribution in [0.15, 0.2) is 83.6 Å². The number of hydrogen-bond donors (Lipinski definition) is 0. The van der Waals surface area contributed by atoms with Crippen LogP contribution in [0.3, 0.4) is 0 Å². The largest absolute Gasteiger partial charge is 0.499 e. The van der Waals surface area contributed by atoms with Gasteiger partial charge in [0.2, 0.25) is 0 Å². The van der Waals surface area contributed by atoms with E-state index in [0.717, 1.165) is 46.5 Å². The van der Waals surface area contributed by atoms with Crippen LogP contribution in [0, 0.1) is 25.9 Å².